The highest BCUT2D eigenvalue weighted by Gasteiger charge is 2.10. The van der Waals surface area contributed by atoms with E-state index < -0.39 is 0 Å². The van der Waals surface area contributed by atoms with Gasteiger partial charge in [0, 0.05) is 42.3 Å². The molecule has 0 aromatic heterocycles. The third-order valence-electron chi connectivity index (χ3n) is 2.63. The van der Waals surface area contributed by atoms with E-state index in [1.165, 1.54) is 0 Å². The summed E-state index contributed by atoms with van der Waals surface area (Å²) in [7, 11) is 3.74. The average molecular weight is 240 g/mol. The molecule has 4 heteroatoms. The van der Waals surface area contributed by atoms with Gasteiger partial charge in [0.05, 0.1) is 7.11 Å². The van der Waals surface area contributed by atoms with Crippen LogP contribution in [0.4, 0.5) is 11.4 Å². The van der Waals surface area contributed by atoms with E-state index in [2.05, 4.69) is 25.1 Å². The Labute approximate surface area is 102 Å². The molecule has 3 nitrogen and oxygen atoms in total. The minimum atomic E-state index is 0.474. The van der Waals surface area contributed by atoms with Crippen LogP contribution in [-0.2, 0) is 0 Å². The Morgan fingerprint density at radius 1 is 1.44 bits per heavy atom. The van der Waals surface area contributed by atoms with Gasteiger partial charge in [0.1, 0.15) is 5.75 Å². The molecule has 16 heavy (non-hydrogen) atoms. The second-order valence-electron chi connectivity index (χ2n) is 3.88. The van der Waals surface area contributed by atoms with Gasteiger partial charge in [0.25, 0.3) is 0 Å². The van der Waals surface area contributed by atoms with Gasteiger partial charge in [-0.1, -0.05) is 0 Å². The van der Waals surface area contributed by atoms with Crippen molar-refractivity contribution in [3.63, 3.8) is 0 Å². The van der Waals surface area contributed by atoms with Crippen LogP contribution in [0.5, 0.6) is 5.75 Å². The Morgan fingerprint density at radius 3 is 2.69 bits per heavy atom. The number of anilines is 2. The third kappa shape index (κ3) is 3.23. The van der Waals surface area contributed by atoms with Gasteiger partial charge in [-0.15, -0.1) is 0 Å². The molecule has 0 bridgehead atoms. The second-order valence-corrected chi connectivity index (χ2v) is 4.79. The summed E-state index contributed by atoms with van der Waals surface area (Å²) in [4.78, 5) is 2.22. The monoisotopic (exact) mass is 240 g/mol. The Kier molecular flexibility index (Phi) is 4.80. The lowest BCUT2D eigenvalue weighted by atomic mass is 10.2. The first kappa shape index (κ1) is 13.0. The lowest BCUT2D eigenvalue weighted by molar-refractivity contribution is 0.415. The number of methoxy groups -OCH3 is 1. The van der Waals surface area contributed by atoms with Crippen molar-refractivity contribution < 1.29 is 4.74 Å². The molecule has 0 aliphatic heterocycles. The molecule has 1 atom stereocenters. The van der Waals surface area contributed by atoms with Gasteiger partial charge in [-0.3, -0.25) is 0 Å². The number of hydrogen-bond acceptors (Lipinski definition) is 4. The smallest absolute Gasteiger partial charge is 0.122 e. The Hall–Kier alpha value is -1.03. The summed E-state index contributed by atoms with van der Waals surface area (Å²) in [6, 6.07) is 6.28. The number of nitrogens with two attached hydrogens (primary N) is 1. The topological polar surface area (TPSA) is 38.5 Å². The maximum absolute atomic E-state index is 5.84. The number of rotatable bonds is 5. The lowest BCUT2D eigenvalue weighted by Gasteiger charge is -2.27. The number of benzene rings is 1. The van der Waals surface area contributed by atoms with Crippen molar-refractivity contribution in [2.24, 2.45) is 0 Å². The van der Waals surface area contributed by atoms with Crippen molar-refractivity contribution in [2.75, 3.05) is 36.8 Å². The van der Waals surface area contributed by atoms with E-state index in [-0.39, 0.29) is 0 Å². The first-order valence-electron chi connectivity index (χ1n) is 5.24. The minimum absolute atomic E-state index is 0.474. The first-order chi connectivity index (χ1) is 7.58. The molecule has 0 amide bonds. The second kappa shape index (κ2) is 5.89. The summed E-state index contributed by atoms with van der Waals surface area (Å²) in [6.07, 6.45) is 2.12. The molecule has 2 N–H and O–H groups in total. The van der Waals surface area contributed by atoms with Crippen LogP contribution in [0.2, 0.25) is 0 Å². The van der Waals surface area contributed by atoms with E-state index in [0.717, 1.165) is 22.9 Å². The molecule has 1 aromatic rings. The summed E-state index contributed by atoms with van der Waals surface area (Å²) in [6.45, 7) is 2.20. The average Bonchev–Trinajstić information content (AvgIpc) is 2.27. The molecule has 0 radical (unpaired) electrons. The van der Waals surface area contributed by atoms with Crippen molar-refractivity contribution in [2.45, 2.75) is 13.0 Å². The number of nitrogens with zero attached hydrogens (tertiary/aromatic N) is 1. The zero-order valence-corrected chi connectivity index (χ0v) is 11.2. The highest BCUT2D eigenvalue weighted by molar-refractivity contribution is 7.98. The molecule has 0 heterocycles. The van der Waals surface area contributed by atoms with Crippen molar-refractivity contribution in [3.05, 3.63) is 18.2 Å². The molecular weight excluding hydrogens is 220 g/mol. The van der Waals surface area contributed by atoms with E-state index in [4.69, 9.17) is 10.5 Å². The van der Waals surface area contributed by atoms with Crippen LogP contribution < -0.4 is 15.4 Å². The van der Waals surface area contributed by atoms with Gasteiger partial charge in [-0.2, -0.15) is 11.8 Å². The van der Waals surface area contributed by atoms with Crippen LogP contribution in [-0.4, -0.2) is 32.2 Å². The predicted octanol–water partition coefficient (Wildman–Crippen LogP) is 2.47. The summed E-state index contributed by atoms with van der Waals surface area (Å²) in [5.41, 5.74) is 7.66. The molecule has 0 aliphatic carbocycles. The molecule has 0 fully saturated rings. The largest absolute Gasteiger partial charge is 0.497 e. The zero-order valence-electron chi connectivity index (χ0n) is 10.4. The molecule has 1 aromatic carbocycles. The Balaban J connectivity index is 2.89. The molecule has 1 unspecified atom stereocenters. The molecule has 0 saturated carbocycles. The Bertz CT molecular complexity index is 344. The van der Waals surface area contributed by atoms with Crippen LogP contribution in [0.25, 0.3) is 0 Å². The fraction of sp³-hybridized carbons (Fsp3) is 0.500. The summed E-state index contributed by atoms with van der Waals surface area (Å²) in [5.74, 6) is 1.89. The van der Waals surface area contributed by atoms with Crippen LogP contribution in [0.1, 0.15) is 6.92 Å². The molecular formula is C12H20N2OS. The number of hydrogen-bond donors (Lipinski definition) is 1. The SMILES string of the molecule is COc1cc(N)cc(N(C)C(C)CSC)c1. The number of nitrogen functional groups attached to an aromatic ring is 1. The van der Waals surface area contributed by atoms with Gasteiger partial charge in [-0.25, -0.2) is 0 Å². The predicted molar refractivity (Wildman–Crippen MR) is 73.7 cm³/mol. The lowest BCUT2D eigenvalue weighted by Crippen LogP contribution is -2.30. The summed E-state index contributed by atoms with van der Waals surface area (Å²) >= 11 is 1.84. The van der Waals surface area contributed by atoms with E-state index in [1.54, 1.807) is 7.11 Å². The van der Waals surface area contributed by atoms with Crippen molar-refractivity contribution in [3.8, 4) is 5.75 Å². The van der Waals surface area contributed by atoms with Crippen LogP contribution >= 0.6 is 11.8 Å². The molecule has 0 aliphatic rings. The fourth-order valence-electron chi connectivity index (χ4n) is 1.53. The van der Waals surface area contributed by atoms with E-state index in [1.807, 2.05) is 30.0 Å². The van der Waals surface area contributed by atoms with Crippen LogP contribution in [0, 0.1) is 0 Å². The third-order valence-corrected chi connectivity index (χ3v) is 3.44. The van der Waals surface area contributed by atoms with Crippen LogP contribution in [0.15, 0.2) is 18.2 Å². The van der Waals surface area contributed by atoms with E-state index in [0.29, 0.717) is 6.04 Å². The number of ether oxygens (including phenoxy) is 1. The standard InChI is InChI=1S/C12H20N2OS/c1-9(8-16-4)14(2)11-5-10(13)6-12(7-11)15-3/h5-7,9H,8,13H2,1-4H3. The Morgan fingerprint density at radius 2 is 2.12 bits per heavy atom. The van der Waals surface area contributed by atoms with E-state index in [9.17, 15) is 0 Å². The summed E-state index contributed by atoms with van der Waals surface area (Å²) < 4.78 is 5.21. The quantitative estimate of drug-likeness (QED) is 0.802. The van der Waals surface area contributed by atoms with Gasteiger partial charge in [-0.05, 0) is 19.2 Å². The normalized spacial score (nSPS) is 12.2. The van der Waals surface area contributed by atoms with Gasteiger partial charge >= 0.3 is 0 Å². The van der Waals surface area contributed by atoms with Crippen molar-refractivity contribution >= 4 is 23.1 Å². The summed E-state index contributed by atoms with van der Waals surface area (Å²) in [5, 5.41) is 0. The number of thioether (sulfide) groups is 1. The van der Waals surface area contributed by atoms with Gasteiger partial charge < -0.3 is 15.4 Å². The molecule has 0 spiro atoms. The zero-order chi connectivity index (χ0) is 12.1. The van der Waals surface area contributed by atoms with Crippen molar-refractivity contribution in [1.82, 2.24) is 0 Å². The maximum Gasteiger partial charge on any atom is 0.122 e. The maximum atomic E-state index is 5.84. The van der Waals surface area contributed by atoms with Crippen LogP contribution in [0.3, 0.4) is 0 Å². The van der Waals surface area contributed by atoms with Gasteiger partial charge in [0.15, 0.2) is 0 Å². The van der Waals surface area contributed by atoms with E-state index >= 15 is 0 Å². The van der Waals surface area contributed by atoms with Gasteiger partial charge in [0.2, 0.25) is 0 Å². The highest BCUT2D eigenvalue weighted by atomic mass is 32.2. The first-order valence-corrected chi connectivity index (χ1v) is 6.64. The fourth-order valence-corrected chi connectivity index (χ4v) is 2.24. The molecule has 1 rings (SSSR count). The molecule has 90 valence electrons. The van der Waals surface area contributed by atoms with Crippen molar-refractivity contribution in [1.29, 1.82) is 0 Å². The molecule has 0 saturated heterocycles. The minimum Gasteiger partial charge on any atom is -0.497 e. The highest BCUT2D eigenvalue weighted by Crippen LogP contribution is 2.26.